The highest BCUT2D eigenvalue weighted by atomic mass is 35.5. The molecule has 0 aliphatic heterocycles. The molecule has 3 aromatic rings. The van der Waals surface area contributed by atoms with Gasteiger partial charge in [0.1, 0.15) is 11.9 Å². The van der Waals surface area contributed by atoms with Crippen molar-refractivity contribution in [3.8, 4) is 0 Å². The molecule has 174 valence electrons. The summed E-state index contributed by atoms with van der Waals surface area (Å²) in [5.41, 5.74) is 1.33. The molecule has 33 heavy (non-hydrogen) atoms. The van der Waals surface area contributed by atoms with E-state index in [0.29, 0.717) is 24.1 Å². The molecule has 0 spiro atoms. The number of amides is 1. The third kappa shape index (κ3) is 6.33. The van der Waals surface area contributed by atoms with Crippen molar-refractivity contribution in [1.82, 2.24) is 10.6 Å². The van der Waals surface area contributed by atoms with Crippen LogP contribution in [0.3, 0.4) is 0 Å². The van der Waals surface area contributed by atoms with Crippen molar-refractivity contribution in [3.05, 3.63) is 106 Å². The molecule has 2 atom stereocenters. The molecular formula is C25H23ClF4N2O. The van der Waals surface area contributed by atoms with Crippen LogP contribution in [0.25, 0.3) is 0 Å². The van der Waals surface area contributed by atoms with Crippen molar-refractivity contribution >= 4 is 17.5 Å². The maximum Gasteiger partial charge on any atom is 0.416 e. The van der Waals surface area contributed by atoms with Gasteiger partial charge in [-0.3, -0.25) is 4.79 Å². The first-order chi connectivity index (χ1) is 15.7. The molecule has 0 aliphatic rings. The Morgan fingerprint density at radius 3 is 2.15 bits per heavy atom. The molecule has 0 saturated carbocycles. The fourth-order valence-electron chi connectivity index (χ4n) is 3.68. The van der Waals surface area contributed by atoms with Crippen LogP contribution >= 0.6 is 11.6 Å². The molecule has 3 rings (SSSR count). The number of hydrogen-bond donors (Lipinski definition) is 2. The van der Waals surface area contributed by atoms with Gasteiger partial charge in [0.2, 0.25) is 5.91 Å². The van der Waals surface area contributed by atoms with Gasteiger partial charge in [-0.15, -0.1) is 0 Å². The molecule has 3 aromatic carbocycles. The van der Waals surface area contributed by atoms with Crippen LogP contribution in [0.15, 0.2) is 72.8 Å². The van der Waals surface area contributed by atoms with Crippen LogP contribution in [-0.2, 0) is 11.0 Å². The Balaban J connectivity index is 1.85. The fraction of sp³-hybridized carbons (Fsp3) is 0.240. The molecule has 8 heteroatoms. The Kier molecular flexibility index (Phi) is 8.10. The van der Waals surface area contributed by atoms with Gasteiger partial charge in [0.15, 0.2) is 0 Å². The number of nitrogens with one attached hydrogen (secondary N) is 2. The number of carbonyl (C=O) groups is 1. The SMILES string of the molecule is CNC(=O)[C@H](NCC[C@H](c1ccc(C(F)(F)F)cc1)c1ccc(F)c(Cl)c1)c1ccccc1. The van der Waals surface area contributed by atoms with Crippen molar-refractivity contribution < 1.29 is 22.4 Å². The van der Waals surface area contributed by atoms with Crippen molar-refractivity contribution in [2.24, 2.45) is 0 Å². The first-order valence-corrected chi connectivity index (χ1v) is 10.7. The lowest BCUT2D eigenvalue weighted by Crippen LogP contribution is -2.36. The van der Waals surface area contributed by atoms with Crippen LogP contribution in [0.1, 0.15) is 40.6 Å². The van der Waals surface area contributed by atoms with E-state index in [1.165, 1.54) is 24.3 Å². The van der Waals surface area contributed by atoms with Gasteiger partial charge in [0, 0.05) is 13.0 Å². The maximum atomic E-state index is 13.7. The number of rotatable bonds is 8. The van der Waals surface area contributed by atoms with Gasteiger partial charge >= 0.3 is 6.18 Å². The quantitative estimate of drug-likeness (QED) is 0.384. The summed E-state index contributed by atoms with van der Waals surface area (Å²) in [5, 5.41) is 5.79. The molecule has 0 aliphatic carbocycles. The van der Waals surface area contributed by atoms with Crippen LogP contribution in [0.5, 0.6) is 0 Å². The summed E-state index contributed by atoms with van der Waals surface area (Å²) in [4.78, 5) is 12.4. The fourth-order valence-corrected chi connectivity index (χ4v) is 3.87. The Morgan fingerprint density at radius 1 is 0.939 bits per heavy atom. The van der Waals surface area contributed by atoms with Gasteiger partial charge in [-0.2, -0.15) is 13.2 Å². The second-order valence-electron chi connectivity index (χ2n) is 7.55. The van der Waals surface area contributed by atoms with Crippen LogP contribution < -0.4 is 10.6 Å². The van der Waals surface area contributed by atoms with Crippen LogP contribution in [-0.4, -0.2) is 19.5 Å². The number of alkyl halides is 3. The predicted molar refractivity (Wildman–Crippen MR) is 121 cm³/mol. The van der Waals surface area contributed by atoms with Gasteiger partial charge in [-0.05, 0) is 53.9 Å². The Bertz CT molecular complexity index is 1070. The van der Waals surface area contributed by atoms with Crippen LogP contribution in [0, 0.1) is 5.82 Å². The van der Waals surface area contributed by atoms with Gasteiger partial charge in [-0.25, -0.2) is 4.39 Å². The summed E-state index contributed by atoms with van der Waals surface area (Å²) in [6, 6.07) is 17.7. The topological polar surface area (TPSA) is 41.1 Å². The van der Waals surface area contributed by atoms with Crippen LogP contribution in [0.2, 0.25) is 5.02 Å². The number of benzene rings is 3. The zero-order valence-electron chi connectivity index (χ0n) is 17.8. The molecule has 3 nitrogen and oxygen atoms in total. The van der Waals surface area contributed by atoms with Crippen molar-refractivity contribution in [3.63, 3.8) is 0 Å². The average molecular weight is 479 g/mol. The van der Waals surface area contributed by atoms with E-state index in [1.54, 1.807) is 13.1 Å². The Labute approximate surface area is 194 Å². The van der Waals surface area contributed by atoms with Gasteiger partial charge in [0.05, 0.1) is 10.6 Å². The number of hydrogen-bond acceptors (Lipinski definition) is 2. The first kappa shape index (κ1) is 24.7. The normalized spacial score (nSPS) is 13.4. The molecule has 1 amide bonds. The van der Waals surface area contributed by atoms with Crippen molar-refractivity contribution in [2.75, 3.05) is 13.6 Å². The minimum Gasteiger partial charge on any atom is -0.358 e. The maximum absolute atomic E-state index is 13.7. The van der Waals surface area contributed by atoms with E-state index in [1.807, 2.05) is 30.3 Å². The van der Waals surface area contributed by atoms with E-state index in [2.05, 4.69) is 10.6 Å². The smallest absolute Gasteiger partial charge is 0.358 e. The van der Waals surface area contributed by atoms with E-state index in [-0.39, 0.29) is 16.8 Å². The van der Waals surface area contributed by atoms with Crippen molar-refractivity contribution in [2.45, 2.75) is 24.6 Å². The molecule has 0 fully saturated rings. The molecule has 0 heterocycles. The zero-order valence-corrected chi connectivity index (χ0v) is 18.6. The standard InChI is InChI=1S/C25H23ClF4N2O/c1-31-24(33)23(17-5-3-2-4-6-17)32-14-13-20(18-9-12-22(27)21(26)15-18)16-7-10-19(11-8-16)25(28,29)30/h2-12,15,20,23,32H,13-14H2,1H3,(H,31,33)/t20-,23-/m1/s1. The molecule has 0 bridgehead atoms. The summed E-state index contributed by atoms with van der Waals surface area (Å²) in [6.45, 7) is 0.369. The van der Waals surface area contributed by atoms with E-state index in [9.17, 15) is 22.4 Å². The lowest BCUT2D eigenvalue weighted by atomic mass is 9.88. The van der Waals surface area contributed by atoms with E-state index < -0.39 is 23.6 Å². The van der Waals surface area contributed by atoms with Gasteiger partial charge in [0.25, 0.3) is 0 Å². The second kappa shape index (κ2) is 10.8. The second-order valence-corrected chi connectivity index (χ2v) is 7.95. The number of halogens is 5. The molecule has 0 aromatic heterocycles. The summed E-state index contributed by atoms with van der Waals surface area (Å²) < 4.78 is 52.7. The average Bonchev–Trinajstić information content (AvgIpc) is 2.81. The lowest BCUT2D eigenvalue weighted by Gasteiger charge is -2.22. The summed E-state index contributed by atoms with van der Waals surface area (Å²) in [7, 11) is 1.55. The molecule has 0 radical (unpaired) electrons. The molecule has 2 N–H and O–H groups in total. The monoisotopic (exact) mass is 478 g/mol. The van der Waals surface area contributed by atoms with E-state index >= 15 is 0 Å². The van der Waals surface area contributed by atoms with Crippen LogP contribution in [0.4, 0.5) is 17.6 Å². The van der Waals surface area contributed by atoms with Gasteiger partial charge < -0.3 is 10.6 Å². The summed E-state index contributed by atoms with van der Waals surface area (Å²) in [6.07, 6.45) is -4.00. The van der Waals surface area contributed by atoms with Gasteiger partial charge in [-0.1, -0.05) is 60.1 Å². The lowest BCUT2D eigenvalue weighted by molar-refractivity contribution is -0.137. The third-order valence-electron chi connectivity index (χ3n) is 5.41. The highest BCUT2D eigenvalue weighted by Crippen LogP contribution is 2.34. The number of likely N-dealkylation sites (N-methyl/N-ethyl adjacent to an activating group) is 1. The largest absolute Gasteiger partial charge is 0.416 e. The molecule has 0 saturated heterocycles. The predicted octanol–water partition coefficient (Wildman–Crippen LogP) is 6.10. The Hall–Kier alpha value is -2.90. The van der Waals surface area contributed by atoms with Crippen molar-refractivity contribution in [1.29, 1.82) is 0 Å². The summed E-state index contributed by atoms with van der Waals surface area (Å²) in [5.74, 6) is -1.15. The number of carbonyl (C=O) groups excluding carboxylic acids is 1. The zero-order chi connectivity index (χ0) is 24.0. The van der Waals surface area contributed by atoms with E-state index in [4.69, 9.17) is 11.6 Å². The first-order valence-electron chi connectivity index (χ1n) is 10.3. The minimum absolute atomic E-state index is 0.0649. The highest BCUT2D eigenvalue weighted by Gasteiger charge is 2.30. The third-order valence-corrected chi connectivity index (χ3v) is 5.70. The highest BCUT2D eigenvalue weighted by molar-refractivity contribution is 6.30. The Morgan fingerprint density at radius 2 is 1.58 bits per heavy atom. The molecular weight excluding hydrogens is 456 g/mol. The van der Waals surface area contributed by atoms with E-state index in [0.717, 1.165) is 17.7 Å². The molecule has 0 unspecified atom stereocenters. The summed E-state index contributed by atoms with van der Waals surface area (Å²) >= 11 is 5.96. The minimum atomic E-state index is -4.44.